The summed E-state index contributed by atoms with van der Waals surface area (Å²) in [6.45, 7) is 4.48. The van der Waals surface area contributed by atoms with E-state index in [1.807, 2.05) is 23.5 Å². The highest BCUT2D eigenvalue weighted by molar-refractivity contribution is 7.11. The Morgan fingerprint density at radius 1 is 1.41 bits per heavy atom. The third-order valence-electron chi connectivity index (χ3n) is 3.80. The monoisotopic (exact) mass is 321 g/mol. The Hall–Kier alpha value is -1.14. The molecule has 1 atom stereocenters. The van der Waals surface area contributed by atoms with Gasteiger partial charge in [-0.05, 0) is 44.0 Å². The molecule has 0 spiro atoms. The van der Waals surface area contributed by atoms with Crippen molar-refractivity contribution in [1.29, 1.82) is 0 Å². The molecule has 1 aliphatic carbocycles. The van der Waals surface area contributed by atoms with E-state index in [9.17, 15) is 5.11 Å². The maximum atomic E-state index is 10.2. The predicted molar refractivity (Wildman–Crippen MR) is 86.9 cm³/mol. The third-order valence-corrected chi connectivity index (χ3v) is 4.78. The summed E-state index contributed by atoms with van der Waals surface area (Å²) in [4.78, 5) is 5.09. The fourth-order valence-electron chi connectivity index (χ4n) is 2.57. The van der Waals surface area contributed by atoms with Crippen LogP contribution in [-0.4, -0.2) is 35.3 Å². The van der Waals surface area contributed by atoms with Gasteiger partial charge >= 0.3 is 0 Å². The van der Waals surface area contributed by atoms with Crippen LogP contribution in [0.1, 0.15) is 28.4 Å². The van der Waals surface area contributed by atoms with Crippen LogP contribution in [0.5, 0.6) is 0 Å². The average Bonchev–Trinajstić information content (AvgIpc) is 3.06. The van der Waals surface area contributed by atoms with Crippen molar-refractivity contribution >= 4 is 11.3 Å². The summed E-state index contributed by atoms with van der Waals surface area (Å²) >= 11 is 1.84. The predicted octanol–water partition coefficient (Wildman–Crippen LogP) is 3.19. The Kier molecular flexibility index (Phi) is 5.31. The number of nitrogens with zero attached hydrogens (tertiary/aromatic N) is 1. The molecule has 1 saturated carbocycles. The summed E-state index contributed by atoms with van der Waals surface area (Å²) in [7, 11) is 0. The normalized spacial score (nSPS) is 16.3. The first-order valence-corrected chi connectivity index (χ1v) is 8.60. The van der Waals surface area contributed by atoms with Gasteiger partial charge in [-0.3, -0.25) is 4.90 Å². The van der Waals surface area contributed by atoms with Crippen molar-refractivity contribution in [3.63, 3.8) is 0 Å². The number of aryl methyl sites for hydroxylation is 1. The Balaban J connectivity index is 1.44. The van der Waals surface area contributed by atoms with E-state index >= 15 is 0 Å². The molecule has 120 valence electrons. The maximum Gasteiger partial charge on any atom is 0.129 e. The third kappa shape index (κ3) is 4.68. The number of hydrogen-bond acceptors (Lipinski definition) is 5. The summed E-state index contributed by atoms with van der Waals surface area (Å²) < 4.78 is 10.7. The number of aliphatic hydroxyl groups excluding tert-OH is 1. The molecule has 4 nitrogen and oxygen atoms in total. The molecule has 2 heterocycles. The van der Waals surface area contributed by atoms with Crippen molar-refractivity contribution in [2.75, 3.05) is 13.2 Å². The van der Waals surface area contributed by atoms with E-state index < -0.39 is 6.10 Å². The molecule has 1 N–H and O–H groups in total. The molecule has 2 aromatic rings. The minimum absolute atomic E-state index is 0.341. The molecule has 22 heavy (non-hydrogen) atoms. The van der Waals surface area contributed by atoms with E-state index in [-0.39, 0.29) is 0 Å². The molecule has 0 radical (unpaired) electrons. The first-order valence-electron chi connectivity index (χ1n) is 7.78. The highest BCUT2D eigenvalue weighted by Crippen LogP contribution is 2.29. The van der Waals surface area contributed by atoms with Gasteiger partial charge in [0.1, 0.15) is 12.4 Å². The van der Waals surface area contributed by atoms with Crippen LogP contribution in [0.2, 0.25) is 0 Å². The zero-order valence-electron chi connectivity index (χ0n) is 12.9. The van der Waals surface area contributed by atoms with Gasteiger partial charge in [0, 0.05) is 28.9 Å². The summed E-state index contributed by atoms with van der Waals surface area (Å²) in [5.41, 5.74) is 0. The number of aliphatic hydroxyl groups is 1. The fraction of sp³-hybridized carbons (Fsp3) is 0.529. The van der Waals surface area contributed by atoms with Gasteiger partial charge < -0.3 is 14.3 Å². The van der Waals surface area contributed by atoms with Crippen LogP contribution >= 0.6 is 11.3 Å². The molecule has 2 aromatic heterocycles. The molecule has 5 heteroatoms. The van der Waals surface area contributed by atoms with E-state index in [2.05, 4.69) is 24.0 Å². The largest absolute Gasteiger partial charge is 0.467 e. The highest BCUT2D eigenvalue weighted by Gasteiger charge is 2.30. The summed E-state index contributed by atoms with van der Waals surface area (Å²) in [5.74, 6) is 0.792. The Labute approximate surface area is 135 Å². The number of thiophene rings is 1. The lowest BCUT2D eigenvalue weighted by Gasteiger charge is -2.24. The molecule has 1 fully saturated rings. The molecule has 0 unspecified atom stereocenters. The zero-order valence-corrected chi connectivity index (χ0v) is 13.7. The second-order valence-electron chi connectivity index (χ2n) is 5.92. The van der Waals surface area contributed by atoms with Gasteiger partial charge in [0.15, 0.2) is 0 Å². The van der Waals surface area contributed by atoms with Crippen LogP contribution in [0.3, 0.4) is 0 Å². The lowest BCUT2D eigenvalue weighted by molar-refractivity contribution is 0.00261. The van der Waals surface area contributed by atoms with Crippen molar-refractivity contribution < 1.29 is 14.3 Å². The van der Waals surface area contributed by atoms with E-state index in [0.29, 0.717) is 25.8 Å². The van der Waals surface area contributed by atoms with Gasteiger partial charge in [-0.25, -0.2) is 0 Å². The summed E-state index contributed by atoms with van der Waals surface area (Å²) in [5, 5.41) is 10.2. The number of rotatable bonds is 9. The van der Waals surface area contributed by atoms with Gasteiger partial charge in [0.25, 0.3) is 0 Å². The van der Waals surface area contributed by atoms with Gasteiger partial charge in [-0.1, -0.05) is 0 Å². The Bertz CT molecular complexity index is 562. The molecule has 3 rings (SSSR count). The summed E-state index contributed by atoms with van der Waals surface area (Å²) in [6, 6.07) is 8.69. The van der Waals surface area contributed by atoms with Gasteiger partial charge in [-0.15, -0.1) is 11.3 Å². The maximum absolute atomic E-state index is 10.2. The van der Waals surface area contributed by atoms with Crippen LogP contribution in [-0.2, 0) is 17.9 Å². The van der Waals surface area contributed by atoms with Crippen molar-refractivity contribution in [3.8, 4) is 0 Å². The van der Waals surface area contributed by atoms with Crippen LogP contribution in [0.25, 0.3) is 0 Å². The standard InChI is InChI=1S/C17H23NO3S/c1-13-4-7-17(22-13)10-18(14-5-6-14)9-15(19)11-20-12-16-3-2-8-21-16/h2-4,7-8,14-15,19H,5-6,9-12H2,1H3/t15-/m0/s1. The molecule has 0 amide bonds. The number of hydrogen-bond donors (Lipinski definition) is 1. The van der Waals surface area contributed by atoms with Crippen molar-refractivity contribution in [2.24, 2.45) is 0 Å². The molecule has 0 saturated heterocycles. The minimum atomic E-state index is -0.461. The van der Waals surface area contributed by atoms with Gasteiger partial charge in [-0.2, -0.15) is 0 Å². The van der Waals surface area contributed by atoms with E-state index in [1.165, 1.54) is 22.6 Å². The van der Waals surface area contributed by atoms with E-state index in [0.717, 1.165) is 12.3 Å². The summed E-state index contributed by atoms with van der Waals surface area (Å²) in [6.07, 6.45) is 3.65. The van der Waals surface area contributed by atoms with Crippen molar-refractivity contribution in [1.82, 2.24) is 4.90 Å². The van der Waals surface area contributed by atoms with Crippen LogP contribution in [0.15, 0.2) is 34.9 Å². The molecular formula is C17H23NO3S. The van der Waals surface area contributed by atoms with Crippen LogP contribution < -0.4 is 0 Å². The molecule has 0 bridgehead atoms. The zero-order chi connectivity index (χ0) is 15.4. The van der Waals surface area contributed by atoms with Gasteiger partial charge in [0.2, 0.25) is 0 Å². The second kappa shape index (κ2) is 7.42. The van der Waals surface area contributed by atoms with Crippen molar-refractivity contribution in [3.05, 3.63) is 46.0 Å². The first-order chi connectivity index (χ1) is 10.7. The van der Waals surface area contributed by atoms with E-state index in [1.54, 1.807) is 6.26 Å². The van der Waals surface area contributed by atoms with Crippen molar-refractivity contribution in [2.45, 2.75) is 45.1 Å². The molecule has 0 aliphatic heterocycles. The SMILES string of the molecule is Cc1ccc(CN(C[C@H](O)COCc2ccco2)C2CC2)s1. The Morgan fingerprint density at radius 2 is 2.27 bits per heavy atom. The quantitative estimate of drug-likeness (QED) is 0.770. The molecular weight excluding hydrogens is 298 g/mol. The first kappa shape index (κ1) is 15.7. The molecule has 0 aromatic carbocycles. The fourth-order valence-corrected chi connectivity index (χ4v) is 3.48. The smallest absolute Gasteiger partial charge is 0.129 e. The van der Waals surface area contributed by atoms with Gasteiger partial charge in [0.05, 0.1) is 19.0 Å². The second-order valence-corrected chi connectivity index (χ2v) is 7.29. The topological polar surface area (TPSA) is 45.8 Å². The van der Waals surface area contributed by atoms with E-state index in [4.69, 9.17) is 9.15 Å². The lowest BCUT2D eigenvalue weighted by Crippen LogP contribution is -2.35. The van der Waals surface area contributed by atoms with Crippen LogP contribution in [0.4, 0.5) is 0 Å². The minimum Gasteiger partial charge on any atom is -0.467 e. The average molecular weight is 321 g/mol. The highest BCUT2D eigenvalue weighted by atomic mass is 32.1. The van der Waals surface area contributed by atoms with Crippen LogP contribution in [0, 0.1) is 6.92 Å². The molecule has 1 aliphatic rings. The number of ether oxygens (including phenoxy) is 1. The Morgan fingerprint density at radius 3 is 2.91 bits per heavy atom. The lowest BCUT2D eigenvalue weighted by atomic mass is 10.3. The number of furan rings is 1.